The molecule has 0 saturated heterocycles. The third kappa shape index (κ3) is 3.08. The van der Waals surface area contributed by atoms with Crippen LogP contribution in [0.3, 0.4) is 0 Å². The summed E-state index contributed by atoms with van der Waals surface area (Å²) in [5.41, 5.74) is 4.16. The number of nitrogens with one attached hydrogen (secondary N) is 1. The standard InChI is InChI=1S/C15H21N3O/c1-4-7-18-13(5-6-17-18)10-16-14-8-12(3)15(19)9-11(14)2/h5-6,8-9,16,19H,4,7,10H2,1-3H3. The highest BCUT2D eigenvalue weighted by Gasteiger charge is 2.05. The third-order valence-electron chi connectivity index (χ3n) is 3.24. The highest BCUT2D eigenvalue weighted by molar-refractivity contribution is 5.56. The molecular weight excluding hydrogens is 238 g/mol. The van der Waals surface area contributed by atoms with Crippen LogP contribution in [0.1, 0.15) is 30.2 Å². The largest absolute Gasteiger partial charge is 0.508 e. The van der Waals surface area contributed by atoms with Crippen molar-refractivity contribution in [3.8, 4) is 5.75 Å². The molecular formula is C15H21N3O. The van der Waals surface area contributed by atoms with Crippen molar-refractivity contribution in [2.45, 2.75) is 40.3 Å². The first-order valence-corrected chi connectivity index (χ1v) is 6.66. The summed E-state index contributed by atoms with van der Waals surface area (Å²) in [6.45, 7) is 7.72. The molecule has 1 aromatic carbocycles. The minimum atomic E-state index is 0.346. The number of hydrogen-bond acceptors (Lipinski definition) is 3. The Labute approximate surface area is 114 Å². The maximum absolute atomic E-state index is 9.65. The molecule has 0 unspecified atom stereocenters. The smallest absolute Gasteiger partial charge is 0.118 e. The second kappa shape index (κ2) is 5.78. The zero-order chi connectivity index (χ0) is 13.8. The van der Waals surface area contributed by atoms with Gasteiger partial charge in [0.15, 0.2) is 0 Å². The van der Waals surface area contributed by atoms with Crippen LogP contribution in [-0.4, -0.2) is 14.9 Å². The normalized spacial score (nSPS) is 10.7. The summed E-state index contributed by atoms with van der Waals surface area (Å²) in [5, 5.41) is 17.4. The summed E-state index contributed by atoms with van der Waals surface area (Å²) < 4.78 is 2.02. The van der Waals surface area contributed by atoms with E-state index >= 15 is 0 Å². The molecule has 0 saturated carbocycles. The van der Waals surface area contributed by atoms with Gasteiger partial charge >= 0.3 is 0 Å². The van der Waals surface area contributed by atoms with Crippen molar-refractivity contribution in [1.82, 2.24) is 9.78 Å². The predicted octanol–water partition coefficient (Wildman–Crippen LogP) is 3.23. The molecule has 19 heavy (non-hydrogen) atoms. The minimum absolute atomic E-state index is 0.346. The van der Waals surface area contributed by atoms with Gasteiger partial charge in [-0.1, -0.05) is 6.92 Å². The summed E-state index contributed by atoms with van der Waals surface area (Å²) in [5.74, 6) is 0.346. The molecule has 0 fully saturated rings. The minimum Gasteiger partial charge on any atom is -0.508 e. The van der Waals surface area contributed by atoms with Crippen LogP contribution in [0, 0.1) is 13.8 Å². The van der Waals surface area contributed by atoms with Gasteiger partial charge in [-0.3, -0.25) is 4.68 Å². The van der Waals surface area contributed by atoms with Crippen LogP contribution in [0.2, 0.25) is 0 Å². The van der Waals surface area contributed by atoms with E-state index < -0.39 is 0 Å². The van der Waals surface area contributed by atoms with Crippen molar-refractivity contribution < 1.29 is 5.11 Å². The van der Waals surface area contributed by atoms with E-state index in [1.165, 1.54) is 5.69 Å². The molecule has 0 atom stereocenters. The van der Waals surface area contributed by atoms with Gasteiger partial charge in [0.25, 0.3) is 0 Å². The van der Waals surface area contributed by atoms with E-state index in [1.807, 2.05) is 36.9 Å². The highest BCUT2D eigenvalue weighted by Crippen LogP contribution is 2.25. The summed E-state index contributed by atoms with van der Waals surface area (Å²) >= 11 is 0. The Balaban J connectivity index is 2.10. The number of aryl methyl sites for hydroxylation is 3. The van der Waals surface area contributed by atoms with Gasteiger partial charge in [0.05, 0.1) is 12.2 Å². The summed E-state index contributed by atoms with van der Waals surface area (Å²) in [6.07, 6.45) is 2.91. The van der Waals surface area contributed by atoms with Gasteiger partial charge in [0, 0.05) is 18.4 Å². The molecule has 2 aromatic rings. The Hall–Kier alpha value is -1.97. The van der Waals surface area contributed by atoms with Crippen molar-refractivity contribution in [1.29, 1.82) is 0 Å². The van der Waals surface area contributed by atoms with E-state index in [9.17, 15) is 5.11 Å². The number of benzene rings is 1. The van der Waals surface area contributed by atoms with Gasteiger partial charge in [0.2, 0.25) is 0 Å². The number of rotatable bonds is 5. The Kier molecular flexibility index (Phi) is 4.10. The van der Waals surface area contributed by atoms with Crippen molar-refractivity contribution in [3.63, 3.8) is 0 Å². The van der Waals surface area contributed by atoms with E-state index in [-0.39, 0.29) is 0 Å². The molecule has 0 aliphatic carbocycles. The Bertz CT molecular complexity index is 561. The first-order valence-electron chi connectivity index (χ1n) is 6.66. The molecule has 0 spiro atoms. The van der Waals surface area contributed by atoms with Gasteiger partial charge in [-0.05, 0) is 49.6 Å². The molecule has 4 nitrogen and oxygen atoms in total. The fourth-order valence-electron chi connectivity index (χ4n) is 2.10. The van der Waals surface area contributed by atoms with Crippen LogP contribution < -0.4 is 5.32 Å². The molecule has 2 rings (SSSR count). The van der Waals surface area contributed by atoms with E-state index in [2.05, 4.69) is 17.3 Å². The molecule has 0 aliphatic rings. The second-order valence-corrected chi connectivity index (χ2v) is 4.85. The molecule has 0 amide bonds. The fourth-order valence-corrected chi connectivity index (χ4v) is 2.10. The molecule has 1 heterocycles. The summed E-state index contributed by atoms with van der Waals surface area (Å²) in [6, 6.07) is 5.80. The Morgan fingerprint density at radius 1 is 1.26 bits per heavy atom. The molecule has 4 heteroatoms. The van der Waals surface area contributed by atoms with Crippen molar-refractivity contribution >= 4 is 5.69 Å². The number of aromatic nitrogens is 2. The number of anilines is 1. The number of phenolic OH excluding ortho intramolecular Hbond substituents is 1. The van der Waals surface area contributed by atoms with Crippen LogP contribution >= 0.6 is 0 Å². The topological polar surface area (TPSA) is 50.1 Å². The van der Waals surface area contributed by atoms with Crippen molar-refractivity contribution in [2.75, 3.05) is 5.32 Å². The maximum atomic E-state index is 9.65. The molecule has 102 valence electrons. The van der Waals surface area contributed by atoms with Crippen molar-refractivity contribution in [2.24, 2.45) is 0 Å². The zero-order valence-corrected chi connectivity index (χ0v) is 11.8. The average Bonchev–Trinajstić information content (AvgIpc) is 2.80. The number of aromatic hydroxyl groups is 1. The van der Waals surface area contributed by atoms with E-state index in [0.29, 0.717) is 5.75 Å². The Morgan fingerprint density at radius 3 is 2.79 bits per heavy atom. The lowest BCUT2D eigenvalue weighted by atomic mass is 10.1. The second-order valence-electron chi connectivity index (χ2n) is 4.85. The lowest BCUT2D eigenvalue weighted by Crippen LogP contribution is -2.09. The van der Waals surface area contributed by atoms with E-state index in [0.717, 1.165) is 36.3 Å². The predicted molar refractivity (Wildman–Crippen MR) is 77.4 cm³/mol. The number of phenols is 1. The van der Waals surface area contributed by atoms with Gasteiger partial charge < -0.3 is 10.4 Å². The van der Waals surface area contributed by atoms with E-state index in [4.69, 9.17) is 0 Å². The maximum Gasteiger partial charge on any atom is 0.118 e. The molecule has 2 N–H and O–H groups in total. The molecule has 0 bridgehead atoms. The van der Waals surface area contributed by atoms with Gasteiger partial charge in [-0.25, -0.2) is 0 Å². The third-order valence-corrected chi connectivity index (χ3v) is 3.24. The summed E-state index contributed by atoms with van der Waals surface area (Å²) in [4.78, 5) is 0. The SMILES string of the molecule is CCCn1nccc1CNc1cc(C)c(O)cc1C. The summed E-state index contributed by atoms with van der Waals surface area (Å²) in [7, 11) is 0. The number of hydrogen-bond donors (Lipinski definition) is 2. The quantitative estimate of drug-likeness (QED) is 0.810. The first-order chi connectivity index (χ1) is 9.11. The van der Waals surface area contributed by atoms with Crippen LogP contribution in [0.5, 0.6) is 5.75 Å². The highest BCUT2D eigenvalue weighted by atomic mass is 16.3. The molecule has 0 aliphatic heterocycles. The van der Waals surface area contributed by atoms with Crippen LogP contribution in [0.15, 0.2) is 24.4 Å². The number of nitrogens with zero attached hydrogens (tertiary/aromatic N) is 2. The van der Waals surface area contributed by atoms with Crippen LogP contribution in [0.25, 0.3) is 0 Å². The average molecular weight is 259 g/mol. The fraction of sp³-hybridized carbons (Fsp3) is 0.400. The van der Waals surface area contributed by atoms with Gasteiger partial charge in [-0.2, -0.15) is 5.10 Å². The lowest BCUT2D eigenvalue weighted by Gasteiger charge is -2.12. The van der Waals surface area contributed by atoms with Gasteiger partial charge in [0.1, 0.15) is 5.75 Å². The Morgan fingerprint density at radius 2 is 2.05 bits per heavy atom. The lowest BCUT2D eigenvalue weighted by molar-refractivity contribution is 0.471. The van der Waals surface area contributed by atoms with Crippen LogP contribution in [0.4, 0.5) is 5.69 Å². The van der Waals surface area contributed by atoms with E-state index in [1.54, 1.807) is 6.07 Å². The molecule has 0 radical (unpaired) electrons. The van der Waals surface area contributed by atoms with Gasteiger partial charge in [-0.15, -0.1) is 0 Å². The molecule has 1 aromatic heterocycles. The van der Waals surface area contributed by atoms with Crippen molar-refractivity contribution in [3.05, 3.63) is 41.2 Å². The zero-order valence-electron chi connectivity index (χ0n) is 11.8. The monoisotopic (exact) mass is 259 g/mol. The first kappa shape index (κ1) is 13.5. The van der Waals surface area contributed by atoms with Crippen LogP contribution in [-0.2, 0) is 13.1 Å².